The number of anilines is 1. The molecule has 3 rings (SSSR count). The molecular formula is C18H20N2O. The number of fused-ring (bicyclic) bond motifs is 1. The third-order valence-electron chi connectivity index (χ3n) is 4.43. The molecular weight excluding hydrogens is 260 g/mol. The van der Waals surface area contributed by atoms with Gasteiger partial charge in [0.15, 0.2) is 0 Å². The number of nitrogens with two attached hydrogens (primary N) is 1. The van der Waals surface area contributed by atoms with Gasteiger partial charge in [-0.05, 0) is 22.8 Å². The minimum Gasteiger partial charge on any atom is -0.323 e. The highest BCUT2D eigenvalue weighted by Crippen LogP contribution is 2.33. The van der Waals surface area contributed by atoms with Crippen LogP contribution in [0.1, 0.15) is 35.6 Å². The van der Waals surface area contributed by atoms with Gasteiger partial charge < -0.3 is 10.6 Å². The van der Waals surface area contributed by atoms with E-state index in [1.807, 2.05) is 37.4 Å². The number of rotatable bonds is 3. The molecule has 2 aromatic rings. The fourth-order valence-corrected chi connectivity index (χ4v) is 2.95. The van der Waals surface area contributed by atoms with Gasteiger partial charge in [-0.25, -0.2) is 0 Å². The summed E-state index contributed by atoms with van der Waals surface area (Å²) in [5.74, 6) is 0.380. The summed E-state index contributed by atoms with van der Waals surface area (Å²) < 4.78 is 0. The summed E-state index contributed by atoms with van der Waals surface area (Å²) in [4.78, 5) is 13.5. The van der Waals surface area contributed by atoms with Gasteiger partial charge in [0.2, 0.25) is 5.91 Å². The number of nitrogens with zero attached hydrogens (tertiary/aromatic N) is 1. The van der Waals surface area contributed by atoms with Crippen molar-refractivity contribution in [3.05, 3.63) is 65.2 Å². The zero-order valence-electron chi connectivity index (χ0n) is 12.4. The Morgan fingerprint density at radius 1 is 1.10 bits per heavy atom. The van der Waals surface area contributed by atoms with E-state index in [2.05, 4.69) is 25.1 Å². The molecule has 21 heavy (non-hydrogen) atoms. The normalized spacial score (nSPS) is 16.7. The lowest BCUT2D eigenvalue weighted by atomic mass is 9.88. The summed E-state index contributed by atoms with van der Waals surface area (Å²) >= 11 is 0. The van der Waals surface area contributed by atoms with Crippen LogP contribution in [0.2, 0.25) is 0 Å². The van der Waals surface area contributed by atoms with Crippen LogP contribution in [0.4, 0.5) is 5.69 Å². The molecule has 2 unspecified atom stereocenters. The van der Waals surface area contributed by atoms with Crippen molar-refractivity contribution in [1.29, 1.82) is 0 Å². The van der Waals surface area contributed by atoms with E-state index < -0.39 is 0 Å². The highest BCUT2D eigenvalue weighted by Gasteiger charge is 2.25. The number of likely N-dealkylation sites (N-methyl/N-ethyl adjacent to an activating group) is 1. The summed E-state index contributed by atoms with van der Waals surface area (Å²) in [5, 5.41) is 0. The van der Waals surface area contributed by atoms with E-state index >= 15 is 0 Å². The van der Waals surface area contributed by atoms with Crippen molar-refractivity contribution in [1.82, 2.24) is 0 Å². The lowest BCUT2D eigenvalue weighted by molar-refractivity contribution is -0.117. The van der Waals surface area contributed by atoms with E-state index in [-0.39, 0.29) is 17.9 Å². The van der Waals surface area contributed by atoms with Crippen LogP contribution in [-0.2, 0) is 11.2 Å². The number of benzene rings is 2. The Bertz CT molecular complexity index is 666. The Hall–Kier alpha value is -2.13. The van der Waals surface area contributed by atoms with Crippen LogP contribution in [0.15, 0.2) is 48.5 Å². The molecule has 0 spiro atoms. The van der Waals surface area contributed by atoms with Crippen LogP contribution in [0, 0.1) is 0 Å². The third kappa shape index (κ3) is 2.45. The van der Waals surface area contributed by atoms with Crippen molar-refractivity contribution in [3.63, 3.8) is 0 Å². The molecule has 3 nitrogen and oxygen atoms in total. The van der Waals surface area contributed by atoms with E-state index in [0.717, 1.165) is 16.8 Å². The lowest BCUT2D eigenvalue weighted by Gasteiger charge is -2.21. The SMILES string of the molecule is CC(c1ccccc1)C(N)c1ccc2c(c1)CC(=O)N2C. The molecule has 0 aromatic heterocycles. The number of hydrogen-bond acceptors (Lipinski definition) is 2. The largest absolute Gasteiger partial charge is 0.323 e. The Balaban J connectivity index is 1.88. The van der Waals surface area contributed by atoms with E-state index in [1.54, 1.807) is 4.90 Å². The first-order valence-corrected chi connectivity index (χ1v) is 7.28. The fourth-order valence-electron chi connectivity index (χ4n) is 2.95. The molecule has 108 valence electrons. The van der Waals surface area contributed by atoms with Crippen molar-refractivity contribution in [2.45, 2.75) is 25.3 Å². The third-order valence-corrected chi connectivity index (χ3v) is 4.43. The second-order valence-electron chi connectivity index (χ2n) is 5.74. The Kier molecular flexibility index (Phi) is 3.52. The van der Waals surface area contributed by atoms with Gasteiger partial charge in [0.05, 0.1) is 6.42 Å². The number of amides is 1. The van der Waals surface area contributed by atoms with Crippen LogP contribution >= 0.6 is 0 Å². The second-order valence-corrected chi connectivity index (χ2v) is 5.74. The van der Waals surface area contributed by atoms with E-state index in [1.165, 1.54) is 5.56 Å². The molecule has 0 aliphatic carbocycles. The Labute approximate surface area is 125 Å². The van der Waals surface area contributed by atoms with Gasteiger partial charge >= 0.3 is 0 Å². The summed E-state index contributed by atoms with van der Waals surface area (Å²) in [6.07, 6.45) is 0.478. The monoisotopic (exact) mass is 280 g/mol. The van der Waals surface area contributed by atoms with Crippen molar-refractivity contribution in [2.24, 2.45) is 5.73 Å². The first-order chi connectivity index (χ1) is 10.1. The van der Waals surface area contributed by atoms with Crippen molar-refractivity contribution < 1.29 is 4.79 Å². The van der Waals surface area contributed by atoms with Crippen molar-refractivity contribution in [3.8, 4) is 0 Å². The van der Waals surface area contributed by atoms with E-state index in [0.29, 0.717) is 6.42 Å². The van der Waals surface area contributed by atoms with Gasteiger partial charge in [-0.15, -0.1) is 0 Å². The topological polar surface area (TPSA) is 46.3 Å². The first-order valence-electron chi connectivity index (χ1n) is 7.28. The quantitative estimate of drug-likeness (QED) is 0.939. The molecule has 1 heterocycles. The van der Waals surface area contributed by atoms with Gasteiger partial charge in [-0.1, -0.05) is 49.4 Å². The molecule has 2 atom stereocenters. The van der Waals surface area contributed by atoms with Gasteiger partial charge in [0, 0.05) is 24.7 Å². The van der Waals surface area contributed by atoms with Crippen LogP contribution in [0.25, 0.3) is 0 Å². The van der Waals surface area contributed by atoms with E-state index in [9.17, 15) is 4.79 Å². The smallest absolute Gasteiger partial charge is 0.231 e. The highest BCUT2D eigenvalue weighted by molar-refractivity contribution is 6.00. The van der Waals surface area contributed by atoms with Gasteiger partial charge in [0.25, 0.3) is 0 Å². The van der Waals surface area contributed by atoms with E-state index in [4.69, 9.17) is 5.73 Å². The molecule has 1 amide bonds. The van der Waals surface area contributed by atoms with Gasteiger partial charge in [-0.2, -0.15) is 0 Å². The Morgan fingerprint density at radius 2 is 1.81 bits per heavy atom. The predicted molar refractivity (Wildman–Crippen MR) is 85.3 cm³/mol. The summed E-state index contributed by atoms with van der Waals surface area (Å²) in [7, 11) is 1.82. The van der Waals surface area contributed by atoms with Crippen LogP contribution in [0.5, 0.6) is 0 Å². The molecule has 3 heteroatoms. The molecule has 1 aliphatic heterocycles. The molecule has 0 saturated carbocycles. The predicted octanol–water partition coefficient (Wildman–Crippen LogP) is 3.01. The van der Waals surface area contributed by atoms with Crippen LogP contribution < -0.4 is 10.6 Å². The van der Waals surface area contributed by atoms with Crippen molar-refractivity contribution >= 4 is 11.6 Å². The number of carbonyl (C=O) groups excluding carboxylic acids is 1. The molecule has 1 aliphatic rings. The average Bonchev–Trinajstić information content (AvgIpc) is 2.81. The summed E-state index contributed by atoms with van der Waals surface area (Å²) in [5.41, 5.74) is 10.8. The maximum Gasteiger partial charge on any atom is 0.231 e. The van der Waals surface area contributed by atoms with Crippen LogP contribution in [-0.4, -0.2) is 13.0 Å². The minimum atomic E-state index is -0.0706. The van der Waals surface area contributed by atoms with Crippen LogP contribution in [0.3, 0.4) is 0 Å². The molecule has 0 radical (unpaired) electrons. The molecule has 2 aromatic carbocycles. The fraction of sp³-hybridized carbons (Fsp3) is 0.278. The standard InChI is InChI=1S/C18H20N2O/c1-12(13-6-4-3-5-7-13)18(19)14-8-9-16-15(10-14)11-17(21)20(16)2/h3-10,12,18H,11,19H2,1-2H3. The molecule has 2 N–H and O–H groups in total. The second kappa shape index (κ2) is 5.34. The zero-order chi connectivity index (χ0) is 15.0. The molecule has 0 fully saturated rings. The molecule has 0 bridgehead atoms. The minimum absolute atomic E-state index is 0.0706. The molecule has 0 saturated heterocycles. The maximum atomic E-state index is 11.8. The highest BCUT2D eigenvalue weighted by atomic mass is 16.2. The van der Waals surface area contributed by atoms with Crippen molar-refractivity contribution in [2.75, 3.05) is 11.9 Å². The van der Waals surface area contributed by atoms with Gasteiger partial charge in [0.1, 0.15) is 0 Å². The lowest BCUT2D eigenvalue weighted by Crippen LogP contribution is -2.20. The van der Waals surface area contributed by atoms with Gasteiger partial charge in [-0.3, -0.25) is 4.79 Å². The Morgan fingerprint density at radius 3 is 2.52 bits per heavy atom. The average molecular weight is 280 g/mol. The summed E-state index contributed by atoms with van der Waals surface area (Å²) in [6.45, 7) is 2.14. The number of hydrogen-bond donors (Lipinski definition) is 1. The summed E-state index contributed by atoms with van der Waals surface area (Å²) in [6, 6.07) is 16.4. The number of carbonyl (C=O) groups is 1. The zero-order valence-corrected chi connectivity index (χ0v) is 12.4. The maximum absolute atomic E-state index is 11.8. The first kappa shape index (κ1) is 13.8.